The van der Waals surface area contributed by atoms with Crippen LogP contribution >= 0.6 is 12.6 Å². The lowest BCUT2D eigenvalue weighted by atomic mass is 10.1. The maximum Gasteiger partial charge on any atom is 0.307 e. The summed E-state index contributed by atoms with van der Waals surface area (Å²) in [6, 6.07) is 4.09. The van der Waals surface area contributed by atoms with Gasteiger partial charge in [0, 0.05) is 4.90 Å². The largest absolute Gasteiger partial charge is 0.481 e. The number of carbonyl (C=O) groups is 1. The quantitative estimate of drug-likeness (QED) is 0.690. The molecule has 1 aromatic carbocycles. The van der Waals surface area contributed by atoms with Gasteiger partial charge in [-0.15, -0.1) is 12.6 Å². The molecule has 0 atom stereocenters. The van der Waals surface area contributed by atoms with Crippen LogP contribution < -0.4 is 0 Å². The number of aliphatic carboxylic acids is 1. The van der Waals surface area contributed by atoms with E-state index in [0.717, 1.165) is 0 Å². The van der Waals surface area contributed by atoms with Gasteiger partial charge in [-0.1, -0.05) is 0 Å². The van der Waals surface area contributed by atoms with Crippen LogP contribution in [0.4, 0.5) is 4.39 Å². The first-order valence-corrected chi connectivity index (χ1v) is 3.73. The molecule has 0 aliphatic heterocycles. The van der Waals surface area contributed by atoms with Crippen molar-refractivity contribution in [2.75, 3.05) is 0 Å². The average Bonchev–Trinajstić information content (AvgIpc) is 1.96. The predicted octanol–water partition coefficient (Wildman–Crippen LogP) is 1.74. The SMILES string of the molecule is O=C(O)Cc1cc(S)ccc1F. The zero-order valence-corrected chi connectivity index (χ0v) is 7.01. The van der Waals surface area contributed by atoms with Gasteiger partial charge >= 0.3 is 5.97 Å². The van der Waals surface area contributed by atoms with E-state index in [9.17, 15) is 9.18 Å². The Morgan fingerprint density at radius 2 is 2.25 bits per heavy atom. The fourth-order valence-electron chi connectivity index (χ4n) is 0.860. The first kappa shape index (κ1) is 9.06. The van der Waals surface area contributed by atoms with Crippen LogP contribution in [0.15, 0.2) is 23.1 Å². The molecule has 0 spiro atoms. The molecule has 0 aliphatic rings. The van der Waals surface area contributed by atoms with Crippen molar-refractivity contribution in [1.82, 2.24) is 0 Å². The van der Waals surface area contributed by atoms with Crippen LogP contribution in [0.3, 0.4) is 0 Å². The van der Waals surface area contributed by atoms with Crippen molar-refractivity contribution in [3.8, 4) is 0 Å². The van der Waals surface area contributed by atoms with Crippen molar-refractivity contribution in [3.05, 3.63) is 29.6 Å². The number of rotatable bonds is 2. The fraction of sp³-hybridized carbons (Fsp3) is 0.125. The topological polar surface area (TPSA) is 37.3 Å². The summed E-state index contributed by atoms with van der Waals surface area (Å²) >= 11 is 3.96. The van der Waals surface area contributed by atoms with Crippen LogP contribution in [0.1, 0.15) is 5.56 Å². The van der Waals surface area contributed by atoms with E-state index in [1.807, 2.05) is 0 Å². The molecule has 12 heavy (non-hydrogen) atoms. The molecule has 0 unspecified atom stereocenters. The van der Waals surface area contributed by atoms with E-state index in [1.165, 1.54) is 18.2 Å². The smallest absolute Gasteiger partial charge is 0.307 e. The molecule has 0 heterocycles. The normalized spacial score (nSPS) is 9.83. The summed E-state index contributed by atoms with van der Waals surface area (Å²) in [7, 11) is 0. The van der Waals surface area contributed by atoms with Crippen LogP contribution in [-0.2, 0) is 11.2 Å². The lowest BCUT2D eigenvalue weighted by Crippen LogP contribution is -2.02. The lowest BCUT2D eigenvalue weighted by molar-refractivity contribution is -0.136. The highest BCUT2D eigenvalue weighted by atomic mass is 32.1. The van der Waals surface area contributed by atoms with Crippen LogP contribution in [0.2, 0.25) is 0 Å². The summed E-state index contributed by atoms with van der Waals surface area (Å²) in [5, 5.41) is 8.39. The van der Waals surface area contributed by atoms with Gasteiger partial charge in [0.05, 0.1) is 6.42 Å². The molecule has 1 N–H and O–H groups in total. The van der Waals surface area contributed by atoms with E-state index in [0.29, 0.717) is 4.90 Å². The van der Waals surface area contributed by atoms with Crippen molar-refractivity contribution in [2.45, 2.75) is 11.3 Å². The minimum atomic E-state index is -1.05. The van der Waals surface area contributed by atoms with Crippen molar-refractivity contribution in [3.63, 3.8) is 0 Å². The highest BCUT2D eigenvalue weighted by Gasteiger charge is 2.06. The molecule has 1 rings (SSSR count). The third-order valence-corrected chi connectivity index (χ3v) is 1.65. The number of halogens is 1. The number of carboxylic acids is 1. The molecular formula is C8H7FO2S. The highest BCUT2D eigenvalue weighted by molar-refractivity contribution is 7.80. The molecular weight excluding hydrogens is 179 g/mol. The molecule has 4 heteroatoms. The Kier molecular flexibility index (Phi) is 2.70. The summed E-state index contributed by atoms with van der Waals surface area (Å²) in [5.74, 6) is -1.55. The van der Waals surface area contributed by atoms with Gasteiger partial charge in [-0.3, -0.25) is 4.79 Å². The molecule has 0 amide bonds. The van der Waals surface area contributed by atoms with Gasteiger partial charge < -0.3 is 5.11 Å². The minimum Gasteiger partial charge on any atom is -0.481 e. The monoisotopic (exact) mass is 186 g/mol. The maximum atomic E-state index is 12.8. The summed E-state index contributed by atoms with van der Waals surface area (Å²) in [4.78, 5) is 10.8. The molecule has 1 aromatic rings. The third-order valence-electron chi connectivity index (χ3n) is 1.37. The first-order valence-electron chi connectivity index (χ1n) is 3.29. The Morgan fingerprint density at radius 3 is 2.83 bits per heavy atom. The summed E-state index contributed by atoms with van der Waals surface area (Å²) < 4.78 is 12.8. The van der Waals surface area contributed by atoms with E-state index in [-0.39, 0.29) is 12.0 Å². The maximum absolute atomic E-state index is 12.8. The van der Waals surface area contributed by atoms with E-state index in [1.54, 1.807) is 0 Å². The van der Waals surface area contributed by atoms with Crippen LogP contribution in [0, 0.1) is 5.82 Å². The van der Waals surface area contributed by atoms with Crippen molar-refractivity contribution in [2.24, 2.45) is 0 Å². The molecule has 0 radical (unpaired) electrons. The number of carboxylic acid groups (broad SMARTS) is 1. The van der Waals surface area contributed by atoms with Gasteiger partial charge in [-0.25, -0.2) is 4.39 Å². The second-order valence-corrected chi connectivity index (χ2v) is 2.86. The molecule has 0 aromatic heterocycles. The molecule has 0 aliphatic carbocycles. The molecule has 2 nitrogen and oxygen atoms in total. The van der Waals surface area contributed by atoms with Gasteiger partial charge in [0.25, 0.3) is 0 Å². The molecule has 0 bridgehead atoms. The van der Waals surface area contributed by atoms with Gasteiger partial charge in [0.2, 0.25) is 0 Å². The molecule has 64 valence electrons. The second-order valence-electron chi connectivity index (χ2n) is 2.35. The summed E-state index contributed by atoms with van der Waals surface area (Å²) in [6.07, 6.45) is -0.305. The van der Waals surface area contributed by atoms with Crippen molar-refractivity contribution >= 4 is 18.6 Å². The summed E-state index contributed by atoms with van der Waals surface area (Å²) in [5.41, 5.74) is 0.162. The van der Waals surface area contributed by atoms with Crippen LogP contribution in [0.25, 0.3) is 0 Å². The van der Waals surface area contributed by atoms with Gasteiger partial charge in [-0.05, 0) is 23.8 Å². The Labute approximate surface area is 74.4 Å². The zero-order valence-electron chi connectivity index (χ0n) is 6.12. The van der Waals surface area contributed by atoms with E-state index >= 15 is 0 Å². The zero-order chi connectivity index (χ0) is 9.14. The molecule has 0 saturated heterocycles. The van der Waals surface area contributed by atoms with E-state index < -0.39 is 11.8 Å². The Bertz CT molecular complexity index is 312. The van der Waals surface area contributed by atoms with Gasteiger partial charge in [-0.2, -0.15) is 0 Å². The minimum absolute atomic E-state index is 0.162. The number of thiol groups is 1. The molecule has 0 saturated carbocycles. The highest BCUT2D eigenvalue weighted by Crippen LogP contribution is 2.13. The number of hydrogen-bond acceptors (Lipinski definition) is 2. The predicted molar refractivity (Wildman–Crippen MR) is 45.0 cm³/mol. The third kappa shape index (κ3) is 2.23. The van der Waals surface area contributed by atoms with Gasteiger partial charge in [0.15, 0.2) is 0 Å². The van der Waals surface area contributed by atoms with E-state index in [2.05, 4.69) is 12.6 Å². The van der Waals surface area contributed by atoms with Crippen molar-refractivity contribution < 1.29 is 14.3 Å². The lowest BCUT2D eigenvalue weighted by Gasteiger charge is -1.99. The Morgan fingerprint density at radius 1 is 1.58 bits per heavy atom. The Hall–Kier alpha value is -1.03. The van der Waals surface area contributed by atoms with Crippen molar-refractivity contribution in [1.29, 1.82) is 0 Å². The number of hydrogen-bond donors (Lipinski definition) is 2. The van der Waals surface area contributed by atoms with E-state index in [4.69, 9.17) is 5.11 Å². The standard InChI is InChI=1S/C8H7FO2S/c9-7-2-1-6(12)3-5(7)4-8(10)11/h1-3,12H,4H2,(H,10,11). The second kappa shape index (κ2) is 3.58. The average molecular weight is 186 g/mol. The summed E-state index contributed by atoms with van der Waals surface area (Å²) in [6.45, 7) is 0. The van der Waals surface area contributed by atoms with Gasteiger partial charge in [0.1, 0.15) is 5.82 Å². The number of benzene rings is 1. The van der Waals surface area contributed by atoms with Crippen LogP contribution in [0.5, 0.6) is 0 Å². The fourth-order valence-corrected chi connectivity index (χ4v) is 1.09. The van der Waals surface area contributed by atoms with Crippen LogP contribution in [-0.4, -0.2) is 11.1 Å². The molecule has 0 fully saturated rings. The Balaban J connectivity index is 2.97. The first-order chi connectivity index (χ1) is 5.59.